The highest BCUT2D eigenvalue weighted by Gasteiger charge is 2.79. The first-order valence-electron chi connectivity index (χ1n) is 5.12. The summed E-state index contributed by atoms with van der Waals surface area (Å²) in [5, 5.41) is -2.95. The molecule has 0 aromatic heterocycles. The lowest BCUT2D eigenvalue weighted by Gasteiger charge is -2.42. The molecule has 0 N–H and O–H groups in total. The average molecular weight is 319 g/mol. The molecule has 0 fully saturated rings. The second kappa shape index (κ2) is 4.28. The van der Waals surface area contributed by atoms with Crippen molar-refractivity contribution in [2.45, 2.75) is 23.3 Å². The van der Waals surface area contributed by atoms with Crippen LogP contribution in [0.2, 0.25) is 0 Å². The number of ketones is 1. The molecule has 0 bridgehead atoms. The van der Waals surface area contributed by atoms with Gasteiger partial charge in [0.25, 0.3) is 0 Å². The summed E-state index contributed by atoms with van der Waals surface area (Å²) in [5.41, 5.74) is -5.18. The Morgan fingerprint density at radius 2 is 1.55 bits per heavy atom. The van der Waals surface area contributed by atoms with E-state index in [9.17, 15) is 31.1 Å². The number of carbonyl (C=O) groups is 1. The van der Waals surface area contributed by atoms with Crippen LogP contribution in [0.3, 0.4) is 0 Å². The largest absolute Gasteiger partial charge is 0.466 e. The minimum atomic E-state index is -5.90. The topological polar surface area (TPSA) is 26.3 Å². The van der Waals surface area contributed by atoms with Crippen molar-refractivity contribution in [1.82, 2.24) is 0 Å². The van der Waals surface area contributed by atoms with E-state index in [1.54, 1.807) is 0 Å². The number of Topliss-reactive ketones (excluding diaryl/α,β-unsaturated/α-hetero) is 1. The molecule has 1 aliphatic heterocycles. The first-order chi connectivity index (χ1) is 9.02. The molecule has 2 nitrogen and oxygen atoms in total. The maximum Gasteiger partial charge on any atom is 0.439 e. The summed E-state index contributed by atoms with van der Waals surface area (Å²) in [5.74, 6) is -2.28. The van der Waals surface area contributed by atoms with E-state index >= 15 is 0 Å². The second-order valence-electron chi connectivity index (χ2n) is 4.06. The zero-order valence-corrected chi connectivity index (χ0v) is 10.1. The average Bonchev–Trinajstić information content (AvgIpc) is 2.30. The number of hydrogen-bond acceptors (Lipinski definition) is 2. The molecule has 0 aliphatic carbocycles. The van der Waals surface area contributed by atoms with Gasteiger partial charge in [0.05, 0.1) is 5.56 Å². The fourth-order valence-corrected chi connectivity index (χ4v) is 2.28. The molecule has 0 saturated heterocycles. The molecule has 20 heavy (non-hydrogen) atoms. The maximum atomic E-state index is 12.9. The van der Waals surface area contributed by atoms with E-state index in [2.05, 4.69) is 4.74 Å². The molecule has 0 spiro atoms. The number of benzene rings is 1. The van der Waals surface area contributed by atoms with E-state index in [0.717, 1.165) is 18.2 Å². The van der Waals surface area contributed by atoms with Gasteiger partial charge in [0, 0.05) is 0 Å². The van der Waals surface area contributed by atoms with Crippen molar-refractivity contribution in [1.29, 1.82) is 0 Å². The number of ether oxygens (including phenoxy) is 1. The zero-order valence-electron chi connectivity index (χ0n) is 9.35. The van der Waals surface area contributed by atoms with Gasteiger partial charge in [0.2, 0.25) is 0 Å². The Morgan fingerprint density at radius 1 is 1.05 bits per heavy atom. The molecule has 1 heterocycles. The van der Waals surface area contributed by atoms with Crippen molar-refractivity contribution >= 4 is 17.4 Å². The molecule has 9 heteroatoms. The van der Waals surface area contributed by atoms with Gasteiger partial charge in [-0.25, -0.2) is 0 Å². The molecule has 1 atom stereocenters. The van der Waals surface area contributed by atoms with Crippen molar-refractivity contribution in [3.05, 3.63) is 29.8 Å². The summed E-state index contributed by atoms with van der Waals surface area (Å²) >= 11 is 5.17. The van der Waals surface area contributed by atoms with E-state index in [4.69, 9.17) is 11.6 Å². The Hall–Kier alpha value is -1.44. The summed E-state index contributed by atoms with van der Waals surface area (Å²) in [7, 11) is 0. The van der Waals surface area contributed by atoms with Crippen LogP contribution in [0, 0.1) is 0 Å². The van der Waals surface area contributed by atoms with Gasteiger partial charge in [0.15, 0.2) is 11.2 Å². The number of rotatable bonds is 0. The van der Waals surface area contributed by atoms with E-state index in [0.29, 0.717) is 0 Å². The van der Waals surface area contributed by atoms with Crippen LogP contribution < -0.4 is 4.74 Å². The third-order valence-electron chi connectivity index (χ3n) is 2.85. The number of fused-ring (bicyclic) bond motifs is 1. The minimum Gasteiger partial charge on any atom is -0.466 e. The molecule has 1 aliphatic rings. The zero-order chi connectivity index (χ0) is 15.3. The molecule has 110 valence electrons. The minimum absolute atomic E-state index is 0.420. The molecule has 0 radical (unpaired) electrons. The van der Waals surface area contributed by atoms with Crippen LogP contribution in [0.15, 0.2) is 24.3 Å². The van der Waals surface area contributed by atoms with Gasteiger partial charge in [0.1, 0.15) is 5.75 Å². The fourth-order valence-electron chi connectivity index (χ4n) is 1.87. The molecule has 1 aromatic carbocycles. The molecule has 0 saturated carbocycles. The van der Waals surface area contributed by atoms with Crippen molar-refractivity contribution in [2.24, 2.45) is 0 Å². The van der Waals surface area contributed by atoms with Crippen molar-refractivity contribution in [2.75, 3.05) is 0 Å². The Labute approximate surface area is 113 Å². The number of alkyl halides is 7. The molecule has 1 unspecified atom stereocenters. The maximum absolute atomic E-state index is 12.9. The van der Waals surface area contributed by atoms with Crippen molar-refractivity contribution in [3.8, 4) is 5.75 Å². The Balaban J connectivity index is 2.71. The van der Waals surface area contributed by atoms with Gasteiger partial charge in [-0.3, -0.25) is 4.79 Å². The molecule has 0 amide bonds. The lowest BCUT2D eigenvalue weighted by molar-refractivity contribution is -0.355. The molecule has 1 aromatic rings. The highest BCUT2D eigenvalue weighted by atomic mass is 35.5. The summed E-state index contributed by atoms with van der Waals surface area (Å²) < 4.78 is 81.7. The third-order valence-corrected chi connectivity index (χ3v) is 3.36. The quantitative estimate of drug-likeness (QED) is 0.538. The van der Waals surface area contributed by atoms with Crippen LogP contribution in [0.25, 0.3) is 0 Å². The van der Waals surface area contributed by atoms with Gasteiger partial charge in [-0.05, 0) is 12.1 Å². The van der Waals surface area contributed by atoms with E-state index < -0.39 is 40.4 Å². The molecular formula is C11H5ClF6O2. The van der Waals surface area contributed by atoms with E-state index in [1.165, 1.54) is 6.07 Å². The van der Waals surface area contributed by atoms with Gasteiger partial charge in [-0.2, -0.15) is 26.3 Å². The van der Waals surface area contributed by atoms with Crippen LogP contribution in [-0.2, 0) is 0 Å². The monoisotopic (exact) mass is 318 g/mol. The van der Waals surface area contributed by atoms with Crippen LogP contribution in [-0.4, -0.2) is 29.1 Å². The van der Waals surface area contributed by atoms with Gasteiger partial charge < -0.3 is 4.74 Å². The SMILES string of the molecule is O=C1c2ccccc2OC(C(F)(F)F)(C(F)(F)F)C1Cl. The van der Waals surface area contributed by atoms with Crippen molar-refractivity contribution in [3.63, 3.8) is 0 Å². The van der Waals surface area contributed by atoms with Gasteiger partial charge in [-0.15, -0.1) is 11.6 Å². The fraction of sp³-hybridized carbons (Fsp3) is 0.364. The summed E-state index contributed by atoms with van der Waals surface area (Å²) in [6, 6.07) is 4.32. The predicted octanol–water partition coefficient (Wildman–Crippen LogP) is 3.73. The molecule has 2 rings (SSSR count). The van der Waals surface area contributed by atoms with Crippen LogP contribution >= 0.6 is 11.6 Å². The second-order valence-corrected chi connectivity index (χ2v) is 4.49. The third kappa shape index (κ3) is 1.85. The Bertz CT molecular complexity index is 537. The number of hydrogen-bond donors (Lipinski definition) is 0. The number of carbonyl (C=O) groups excluding carboxylic acids is 1. The number of halogens is 7. The normalized spacial score (nSPS) is 22.1. The van der Waals surface area contributed by atoms with Crippen LogP contribution in [0.5, 0.6) is 5.75 Å². The smallest absolute Gasteiger partial charge is 0.439 e. The van der Waals surface area contributed by atoms with Crippen LogP contribution in [0.4, 0.5) is 26.3 Å². The first kappa shape index (κ1) is 15.0. The Kier molecular flexibility index (Phi) is 3.20. The van der Waals surface area contributed by atoms with E-state index in [1.807, 2.05) is 0 Å². The van der Waals surface area contributed by atoms with Gasteiger partial charge >= 0.3 is 18.0 Å². The lowest BCUT2D eigenvalue weighted by atomic mass is 9.88. The van der Waals surface area contributed by atoms with Crippen LogP contribution in [0.1, 0.15) is 10.4 Å². The van der Waals surface area contributed by atoms with E-state index in [-0.39, 0.29) is 0 Å². The van der Waals surface area contributed by atoms with Crippen molar-refractivity contribution < 1.29 is 35.9 Å². The number of para-hydroxylation sites is 1. The standard InChI is InChI=1S/C11H5ClF6O2/c12-8-7(19)5-3-1-2-4-6(5)20-9(8,10(13,14)15)11(16,17)18/h1-4,8H. The summed E-state index contributed by atoms with van der Waals surface area (Å²) in [6.45, 7) is 0. The highest BCUT2D eigenvalue weighted by Crippen LogP contribution is 2.53. The Morgan fingerprint density at radius 3 is 2.05 bits per heavy atom. The first-order valence-corrected chi connectivity index (χ1v) is 5.56. The molecular weight excluding hydrogens is 314 g/mol. The predicted molar refractivity (Wildman–Crippen MR) is 55.9 cm³/mol. The van der Waals surface area contributed by atoms with Gasteiger partial charge in [-0.1, -0.05) is 12.1 Å². The highest BCUT2D eigenvalue weighted by molar-refractivity contribution is 6.35. The summed E-state index contributed by atoms with van der Waals surface area (Å²) in [6.07, 6.45) is -11.8. The summed E-state index contributed by atoms with van der Waals surface area (Å²) in [4.78, 5) is 11.7. The lowest BCUT2D eigenvalue weighted by Crippen LogP contribution is -2.69.